The molecule has 0 spiro atoms. The van der Waals surface area contributed by atoms with Gasteiger partial charge in [0.25, 0.3) is 0 Å². The molecule has 58 heavy (non-hydrogen) atoms. The number of primary amides is 2. The highest BCUT2D eigenvalue weighted by atomic mass is 16.4. The number of nitrogens with two attached hydrogens (primary N) is 2. The van der Waals surface area contributed by atoms with Crippen molar-refractivity contribution in [2.24, 2.45) is 11.5 Å². The van der Waals surface area contributed by atoms with Gasteiger partial charge in [0.15, 0.2) is 0 Å². The van der Waals surface area contributed by atoms with Crippen molar-refractivity contribution in [2.45, 2.75) is 160 Å². The Morgan fingerprint density at radius 3 is 1.33 bits per heavy atom. The van der Waals surface area contributed by atoms with Crippen LogP contribution in [0.3, 0.4) is 0 Å². The number of carboxylic acids is 1. The molecule has 320 valence electrons. The van der Waals surface area contributed by atoms with E-state index in [9.17, 15) is 38.7 Å². The zero-order valence-electron chi connectivity index (χ0n) is 34.2. The highest BCUT2D eigenvalue weighted by molar-refractivity contribution is 5.94. The van der Waals surface area contributed by atoms with Crippen molar-refractivity contribution in [3.63, 3.8) is 0 Å². The number of carbonyl (C=O) groups is 7. The molecule has 0 unspecified atom stereocenters. The average Bonchev–Trinajstić information content (AvgIpc) is 3.19. The summed E-state index contributed by atoms with van der Waals surface area (Å²) in [5.74, 6) is -4.38. The monoisotopic (exact) mass is 806 g/mol. The first-order chi connectivity index (χ1) is 27.9. The third-order valence-electron chi connectivity index (χ3n) is 9.95. The minimum atomic E-state index is -1.26. The van der Waals surface area contributed by atoms with Crippen molar-refractivity contribution in [1.82, 2.24) is 21.3 Å². The van der Waals surface area contributed by atoms with Crippen molar-refractivity contribution < 1.29 is 38.7 Å². The number of benzene rings is 2. The molecule has 0 aliphatic carbocycles. The lowest BCUT2D eigenvalue weighted by atomic mass is 10.0. The molecule has 2 rings (SSSR count). The number of nitrogens with one attached hydrogen (secondary N) is 4. The Balaban J connectivity index is 1.55. The SMILES string of the molecule is CCCC[C@H](NC(=O)CCCCCCCCCCCCCCC(=O)N[C@@H](CC(N)=O)C(=O)N[C@@H](Cc1ccccc1)C(=O)O)C(=O)N[C@@H](Cc1ccccc1)C(N)=O. The van der Waals surface area contributed by atoms with Gasteiger partial charge in [0, 0.05) is 25.7 Å². The highest BCUT2D eigenvalue weighted by Gasteiger charge is 2.28. The summed E-state index contributed by atoms with van der Waals surface area (Å²) in [6, 6.07) is 14.1. The summed E-state index contributed by atoms with van der Waals surface area (Å²) in [4.78, 5) is 86.7. The molecule has 0 radical (unpaired) electrons. The van der Waals surface area contributed by atoms with E-state index in [4.69, 9.17) is 11.5 Å². The van der Waals surface area contributed by atoms with Gasteiger partial charge in [-0.3, -0.25) is 28.8 Å². The van der Waals surface area contributed by atoms with E-state index in [1.165, 1.54) is 0 Å². The second-order valence-electron chi connectivity index (χ2n) is 15.0. The third-order valence-corrected chi connectivity index (χ3v) is 9.95. The van der Waals surface area contributed by atoms with Gasteiger partial charge in [-0.2, -0.15) is 0 Å². The first-order valence-corrected chi connectivity index (χ1v) is 21.0. The number of rotatable bonds is 32. The van der Waals surface area contributed by atoms with Crippen molar-refractivity contribution in [3.05, 3.63) is 71.8 Å². The van der Waals surface area contributed by atoms with Gasteiger partial charge in [0.1, 0.15) is 24.2 Å². The standard InChI is InChI=1S/C44H66N6O8/c1-2-3-26-34(42(55)49-35(41(46)54)29-32-22-16-14-17-23-32)47-39(52)27-20-12-10-8-6-4-5-7-9-11-13-21-28-40(53)48-36(31-38(45)51)43(56)50-37(44(57)58)30-33-24-18-15-19-25-33/h14-19,22-25,34-37H,2-13,20-21,26-31H2,1H3,(H2,45,51)(H2,46,54)(H,47,52)(H,48,53)(H,49,55)(H,50,56)(H,57,58)/t34-,35-,36-,37-/m0/s1. The maximum absolute atomic E-state index is 13.1. The Bertz CT molecular complexity index is 1560. The number of hydrogen-bond acceptors (Lipinski definition) is 7. The van der Waals surface area contributed by atoms with Crippen LogP contribution in [0.4, 0.5) is 0 Å². The molecular weight excluding hydrogens is 741 g/mol. The summed E-state index contributed by atoms with van der Waals surface area (Å²) >= 11 is 0. The van der Waals surface area contributed by atoms with E-state index in [1.807, 2.05) is 37.3 Å². The normalized spacial score (nSPS) is 13.0. The van der Waals surface area contributed by atoms with E-state index in [0.29, 0.717) is 24.8 Å². The molecule has 0 fully saturated rings. The van der Waals surface area contributed by atoms with Crippen LogP contribution in [0.15, 0.2) is 60.7 Å². The van der Waals surface area contributed by atoms with Gasteiger partial charge in [0.2, 0.25) is 35.4 Å². The quantitative estimate of drug-likeness (QED) is 0.0518. The molecule has 14 nitrogen and oxygen atoms in total. The van der Waals surface area contributed by atoms with Crippen LogP contribution in [0.1, 0.15) is 134 Å². The van der Waals surface area contributed by atoms with Crippen LogP contribution in [0, 0.1) is 0 Å². The van der Waals surface area contributed by atoms with E-state index < -0.39 is 66.1 Å². The topological polar surface area (TPSA) is 240 Å². The second-order valence-corrected chi connectivity index (χ2v) is 15.0. The van der Waals surface area contributed by atoms with Gasteiger partial charge in [-0.15, -0.1) is 0 Å². The molecule has 9 N–H and O–H groups in total. The van der Waals surface area contributed by atoms with E-state index in [0.717, 1.165) is 89.0 Å². The summed E-state index contributed by atoms with van der Waals surface area (Å²) in [7, 11) is 0. The number of carboxylic acid groups (broad SMARTS) is 1. The van der Waals surface area contributed by atoms with E-state index in [2.05, 4.69) is 21.3 Å². The molecule has 2 aromatic rings. The minimum absolute atomic E-state index is 0.0473. The van der Waals surface area contributed by atoms with E-state index in [1.54, 1.807) is 30.3 Å². The molecule has 0 aliphatic rings. The largest absolute Gasteiger partial charge is 0.480 e. The number of unbranched alkanes of at least 4 members (excludes halogenated alkanes) is 12. The van der Waals surface area contributed by atoms with Gasteiger partial charge >= 0.3 is 5.97 Å². The van der Waals surface area contributed by atoms with E-state index >= 15 is 0 Å². The number of carbonyl (C=O) groups excluding carboxylic acids is 6. The number of aliphatic carboxylic acids is 1. The Morgan fingerprint density at radius 2 is 0.914 bits per heavy atom. The maximum atomic E-state index is 13.1. The van der Waals surface area contributed by atoms with Crippen LogP contribution >= 0.6 is 0 Å². The van der Waals surface area contributed by atoms with Gasteiger partial charge in [-0.05, 0) is 30.4 Å². The van der Waals surface area contributed by atoms with Crippen LogP contribution in [0.5, 0.6) is 0 Å². The molecule has 0 bridgehead atoms. The number of hydrogen-bond donors (Lipinski definition) is 7. The van der Waals surface area contributed by atoms with Crippen molar-refractivity contribution in [3.8, 4) is 0 Å². The Labute approximate surface area is 343 Å². The fourth-order valence-corrected chi connectivity index (χ4v) is 6.63. The van der Waals surface area contributed by atoms with Crippen LogP contribution in [0.25, 0.3) is 0 Å². The van der Waals surface area contributed by atoms with E-state index in [-0.39, 0.29) is 25.2 Å². The first-order valence-electron chi connectivity index (χ1n) is 21.0. The predicted octanol–water partition coefficient (Wildman–Crippen LogP) is 4.51. The summed E-state index contributed by atoms with van der Waals surface area (Å²) in [6.45, 7) is 2.01. The lowest BCUT2D eigenvalue weighted by Crippen LogP contribution is -2.53. The van der Waals surface area contributed by atoms with Crippen molar-refractivity contribution in [2.75, 3.05) is 0 Å². The van der Waals surface area contributed by atoms with Crippen LogP contribution in [-0.4, -0.2) is 70.7 Å². The van der Waals surface area contributed by atoms with Crippen LogP contribution in [-0.2, 0) is 46.4 Å². The zero-order valence-corrected chi connectivity index (χ0v) is 34.2. The Kier molecular flexibility index (Phi) is 24.5. The number of amides is 6. The first kappa shape index (κ1) is 48.9. The molecule has 4 atom stereocenters. The molecule has 0 heterocycles. The molecular formula is C44H66N6O8. The van der Waals surface area contributed by atoms with Gasteiger partial charge in [0.05, 0.1) is 6.42 Å². The summed E-state index contributed by atoms with van der Waals surface area (Å²) in [5, 5.41) is 20.2. The smallest absolute Gasteiger partial charge is 0.326 e. The molecule has 14 heteroatoms. The highest BCUT2D eigenvalue weighted by Crippen LogP contribution is 2.14. The van der Waals surface area contributed by atoms with Gasteiger partial charge in [-0.25, -0.2) is 4.79 Å². The second kappa shape index (κ2) is 29.0. The summed E-state index contributed by atoms with van der Waals surface area (Å²) in [6.07, 6.45) is 14.3. The average molecular weight is 807 g/mol. The lowest BCUT2D eigenvalue weighted by molar-refractivity contribution is -0.142. The van der Waals surface area contributed by atoms with Crippen LogP contribution in [0.2, 0.25) is 0 Å². The molecule has 0 saturated carbocycles. The Morgan fingerprint density at radius 1 is 0.517 bits per heavy atom. The summed E-state index contributed by atoms with van der Waals surface area (Å²) < 4.78 is 0. The summed E-state index contributed by atoms with van der Waals surface area (Å²) in [5.41, 5.74) is 12.5. The lowest BCUT2D eigenvalue weighted by Gasteiger charge is -2.22. The Hall–Kier alpha value is -5.27. The molecule has 2 aromatic carbocycles. The van der Waals surface area contributed by atoms with Gasteiger partial charge < -0.3 is 37.8 Å². The van der Waals surface area contributed by atoms with Gasteiger partial charge in [-0.1, -0.05) is 145 Å². The van der Waals surface area contributed by atoms with Crippen molar-refractivity contribution in [1.29, 1.82) is 0 Å². The maximum Gasteiger partial charge on any atom is 0.326 e. The van der Waals surface area contributed by atoms with Crippen molar-refractivity contribution >= 4 is 41.4 Å². The molecule has 0 aromatic heterocycles. The zero-order chi connectivity index (χ0) is 42.5. The molecule has 0 saturated heterocycles. The minimum Gasteiger partial charge on any atom is -0.480 e. The molecule has 0 aliphatic heterocycles. The third kappa shape index (κ3) is 21.9. The predicted molar refractivity (Wildman–Crippen MR) is 223 cm³/mol. The van der Waals surface area contributed by atoms with Crippen LogP contribution < -0.4 is 32.7 Å². The fraction of sp³-hybridized carbons (Fsp3) is 0.568. The fourth-order valence-electron chi connectivity index (χ4n) is 6.63. The molecule has 6 amide bonds.